The second kappa shape index (κ2) is 9.02. The summed E-state index contributed by atoms with van der Waals surface area (Å²) in [6.07, 6.45) is -1.76. The van der Waals surface area contributed by atoms with Crippen molar-refractivity contribution in [2.75, 3.05) is 20.3 Å². The van der Waals surface area contributed by atoms with E-state index >= 15 is 0 Å². The second-order valence-electron chi connectivity index (χ2n) is 8.94. The molecule has 2 aromatic heterocycles. The van der Waals surface area contributed by atoms with Gasteiger partial charge in [0.05, 0.1) is 24.2 Å². The maximum absolute atomic E-state index is 15.0. The van der Waals surface area contributed by atoms with Crippen LogP contribution in [0.5, 0.6) is 5.88 Å². The lowest BCUT2D eigenvalue weighted by Crippen LogP contribution is -2.34. The number of fused-ring (bicyclic) bond motifs is 2. The van der Waals surface area contributed by atoms with Gasteiger partial charge in [-0.3, -0.25) is 4.79 Å². The summed E-state index contributed by atoms with van der Waals surface area (Å²) in [4.78, 5) is 19.3. The number of nitrogens with zero attached hydrogens (tertiary/aromatic N) is 1. The molecule has 36 heavy (non-hydrogen) atoms. The molecule has 0 radical (unpaired) electrons. The average Bonchev–Trinajstić information content (AvgIpc) is 3.60. The predicted octanol–water partition coefficient (Wildman–Crippen LogP) is 3.30. The Labute approximate surface area is 206 Å². The van der Waals surface area contributed by atoms with Gasteiger partial charge < -0.3 is 29.6 Å². The number of H-pyrrole nitrogens is 1. The number of hydrogen-bond donors (Lipinski definition) is 3. The van der Waals surface area contributed by atoms with Gasteiger partial charge in [-0.2, -0.15) is 0 Å². The third-order valence-corrected chi connectivity index (χ3v) is 6.66. The maximum atomic E-state index is 15.0. The van der Waals surface area contributed by atoms with Crippen molar-refractivity contribution >= 4 is 16.9 Å². The van der Waals surface area contributed by atoms with E-state index in [1.807, 2.05) is 36.4 Å². The van der Waals surface area contributed by atoms with E-state index in [-0.39, 0.29) is 30.4 Å². The molecule has 184 valence electrons. The highest BCUT2D eigenvalue weighted by Gasteiger charge is 2.48. The molecule has 0 bridgehead atoms. The van der Waals surface area contributed by atoms with Crippen LogP contribution < -0.4 is 10.1 Å². The van der Waals surface area contributed by atoms with Crippen molar-refractivity contribution in [1.82, 2.24) is 15.3 Å². The van der Waals surface area contributed by atoms with Gasteiger partial charge in [-0.1, -0.05) is 36.4 Å². The summed E-state index contributed by atoms with van der Waals surface area (Å²) in [6, 6.07) is 17.8. The number of aromatic amines is 1. The Hall–Kier alpha value is -3.79. The summed E-state index contributed by atoms with van der Waals surface area (Å²) in [5.41, 5.74) is 4.44. The fourth-order valence-corrected chi connectivity index (χ4v) is 4.76. The number of aliphatic hydroxyl groups is 1. The first-order chi connectivity index (χ1) is 17.5. The molecule has 0 saturated carbocycles. The highest BCUT2D eigenvalue weighted by atomic mass is 19.1. The van der Waals surface area contributed by atoms with Gasteiger partial charge in [-0.05, 0) is 23.3 Å². The Bertz CT molecular complexity index is 1420. The summed E-state index contributed by atoms with van der Waals surface area (Å²) in [7, 11) is 1.59. The van der Waals surface area contributed by atoms with Crippen LogP contribution in [0, 0.1) is 5.82 Å². The summed E-state index contributed by atoms with van der Waals surface area (Å²) in [5.74, 6) is -0.160. The molecule has 4 aromatic rings. The minimum absolute atomic E-state index is 0.140. The Morgan fingerprint density at radius 2 is 1.69 bits per heavy atom. The molecule has 0 unspecified atom stereocenters. The molecule has 3 N–H and O–H groups in total. The lowest BCUT2D eigenvalue weighted by atomic mass is 10.0. The van der Waals surface area contributed by atoms with E-state index in [9.17, 15) is 14.3 Å². The fourth-order valence-electron chi connectivity index (χ4n) is 4.76. The summed E-state index contributed by atoms with van der Waals surface area (Å²) in [5, 5.41) is 12.5. The van der Waals surface area contributed by atoms with Gasteiger partial charge in [0.15, 0.2) is 17.8 Å². The first-order valence-electron chi connectivity index (χ1n) is 11.7. The van der Waals surface area contributed by atoms with Gasteiger partial charge in [0.2, 0.25) is 0 Å². The lowest BCUT2D eigenvalue weighted by Gasteiger charge is -2.16. The van der Waals surface area contributed by atoms with Crippen LogP contribution in [0.4, 0.5) is 4.39 Å². The average molecular weight is 490 g/mol. The molecular weight excluding hydrogens is 465 g/mol. The molecular formula is C27H24FN3O5. The van der Waals surface area contributed by atoms with Crippen molar-refractivity contribution in [2.24, 2.45) is 0 Å². The third kappa shape index (κ3) is 4.01. The zero-order valence-electron chi connectivity index (χ0n) is 19.4. The largest absolute Gasteiger partial charge is 0.470 e. The van der Waals surface area contributed by atoms with Gasteiger partial charge >= 0.3 is 0 Å². The highest BCUT2D eigenvalue weighted by molar-refractivity contribution is 5.94. The highest BCUT2D eigenvalue weighted by Crippen LogP contribution is 2.32. The Morgan fingerprint density at radius 3 is 2.42 bits per heavy atom. The molecule has 2 aromatic carbocycles. The number of amides is 1. The predicted molar refractivity (Wildman–Crippen MR) is 130 cm³/mol. The molecule has 4 heterocycles. The van der Waals surface area contributed by atoms with E-state index in [1.165, 1.54) is 6.07 Å². The quantitative estimate of drug-likeness (QED) is 0.397. The monoisotopic (exact) mass is 489 g/mol. The van der Waals surface area contributed by atoms with Crippen molar-refractivity contribution in [3.8, 4) is 28.3 Å². The number of ether oxygens (including phenoxy) is 3. The van der Waals surface area contributed by atoms with Crippen molar-refractivity contribution in [2.45, 2.75) is 24.4 Å². The fraction of sp³-hybridized carbons (Fsp3) is 0.259. The van der Waals surface area contributed by atoms with Crippen LogP contribution in [0.3, 0.4) is 0 Å². The van der Waals surface area contributed by atoms with Gasteiger partial charge in [0.1, 0.15) is 24.0 Å². The number of rotatable bonds is 5. The summed E-state index contributed by atoms with van der Waals surface area (Å²) in [6.45, 7) is 0.522. The van der Waals surface area contributed by atoms with Crippen molar-refractivity contribution in [3.05, 3.63) is 72.0 Å². The topological polar surface area (TPSA) is 106 Å². The SMILES string of the molecule is CNC(=O)c1ccc(-c2ccc(-c3nc4cc(O[C@@H]5CO[C@H]6[C@@H]5OC[C@H]6O)[nH]c4cc3F)cc2)cc1. The normalized spacial score (nSPS) is 23.1. The van der Waals surface area contributed by atoms with E-state index < -0.39 is 18.0 Å². The van der Waals surface area contributed by atoms with E-state index in [4.69, 9.17) is 14.2 Å². The van der Waals surface area contributed by atoms with Crippen LogP contribution in [-0.2, 0) is 9.47 Å². The number of hydrogen-bond acceptors (Lipinski definition) is 6. The molecule has 0 aliphatic carbocycles. The van der Waals surface area contributed by atoms with Crippen molar-refractivity contribution in [1.29, 1.82) is 0 Å². The van der Waals surface area contributed by atoms with Gasteiger partial charge in [0.25, 0.3) is 5.91 Å². The van der Waals surface area contributed by atoms with Crippen LogP contribution in [0.25, 0.3) is 33.4 Å². The van der Waals surface area contributed by atoms with E-state index in [0.29, 0.717) is 34.6 Å². The molecule has 6 rings (SSSR count). The smallest absolute Gasteiger partial charge is 0.251 e. The number of nitrogens with one attached hydrogen (secondary N) is 2. The molecule has 2 aliphatic rings. The molecule has 2 fully saturated rings. The number of halogens is 1. The first-order valence-corrected chi connectivity index (χ1v) is 11.7. The number of pyridine rings is 1. The summed E-state index contributed by atoms with van der Waals surface area (Å²) >= 11 is 0. The third-order valence-electron chi connectivity index (χ3n) is 6.66. The van der Waals surface area contributed by atoms with Gasteiger partial charge in [-0.25, -0.2) is 9.37 Å². The van der Waals surface area contributed by atoms with Crippen LogP contribution in [-0.4, -0.2) is 65.7 Å². The minimum Gasteiger partial charge on any atom is -0.470 e. The summed E-state index contributed by atoms with van der Waals surface area (Å²) < 4.78 is 32.2. The molecule has 4 atom stereocenters. The lowest BCUT2D eigenvalue weighted by molar-refractivity contribution is 0.00794. The van der Waals surface area contributed by atoms with E-state index in [0.717, 1.165) is 11.1 Å². The number of carbonyl (C=O) groups is 1. The standard InChI is InChI=1S/C27H24FN3O5/c1-29-27(33)17-8-4-15(5-9-17)14-2-6-16(7-3-14)24-18(28)10-19-20(31-24)11-23(30-19)36-22-13-35-25-21(32)12-34-26(22)25/h2-11,21-22,25-26,30,32H,12-13H2,1H3,(H,29,33)/t21-,22-,25-,26-/m1/s1. The van der Waals surface area contributed by atoms with E-state index in [2.05, 4.69) is 15.3 Å². The van der Waals surface area contributed by atoms with Crippen LogP contribution >= 0.6 is 0 Å². The van der Waals surface area contributed by atoms with Crippen LogP contribution in [0.1, 0.15) is 10.4 Å². The van der Waals surface area contributed by atoms with Crippen LogP contribution in [0.15, 0.2) is 60.7 Å². The number of aromatic nitrogens is 2. The molecule has 8 nitrogen and oxygen atoms in total. The number of benzene rings is 2. The Morgan fingerprint density at radius 1 is 1.03 bits per heavy atom. The zero-order chi connectivity index (χ0) is 24.8. The molecule has 2 aliphatic heterocycles. The van der Waals surface area contributed by atoms with Crippen molar-refractivity contribution in [3.63, 3.8) is 0 Å². The van der Waals surface area contributed by atoms with Crippen LogP contribution in [0.2, 0.25) is 0 Å². The number of aliphatic hydroxyl groups excluding tert-OH is 1. The first kappa shape index (κ1) is 22.7. The van der Waals surface area contributed by atoms with E-state index in [1.54, 1.807) is 25.2 Å². The Balaban J connectivity index is 1.22. The number of carbonyl (C=O) groups excluding carboxylic acids is 1. The second-order valence-corrected chi connectivity index (χ2v) is 8.94. The zero-order valence-corrected chi connectivity index (χ0v) is 19.4. The molecule has 2 saturated heterocycles. The molecule has 0 spiro atoms. The minimum atomic E-state index is -0.655. The van der Waals surface area contributed by atoms with Crippen molar-refractivity contribution < 1.29 is 28.5 Å². The Kier molecular flexibility index (Phi) is 5.67. The van der Waals surface area contributed by atoms with Gasteiger partial charge in [0, 0.05) is 30.3 Å². The molecule has 1 amide bonds. The molecule has 9 heteroatoms. The maximum Gasteiger partial charge on any atom is 0.251 e. The van der Waals surface area contributed by atoms with Gasteiger partial charge in [-0.15, -0.1) is 0 Å².